The van der Waals surface area contributed by atoms with Crippen LogP contribution >= 0.6 is 11.6 Å². The van der Waals surface area contributed by atoms with Gasteiger partial charge in [0.25, 0.3) is 5.95 Å². The fourth-order valence-electron chi connectivity index (χ4n) is 2.46. The number of rotatable bonds is 4. The highest BCUT2D eigenvalue weighted by Crippen LogP contribution is 2.17. The molecule has 1 fully saturated rings. The van der Waals surface area contributed by atoms with Crippen LogP contribution in [0.1, 0.15) is 31.6 Å². The van der Waals surface area contributed by atoms with Gasteiger partial charge in [0.15, 0.2) is 0 Å². The first-order valence-corrected chi connectivity index (χ1v) is 7.76. The Morgan fingerprint density at radius 3 is 2.52 bits per heavy atom. The minimum atomic E-state index is 0.516. The maximum absolute atomic E-state index is 5.86. The zero-order valence-electron chi connectivity index (χ0n) is 11.9. The molecule has 1 aliphatic rings. The van der Waals surface area contributed by atoms with Crippen LogP contribution in [0.3, 0.4) is 0 Å². The minimum absolute atomic E-state index is 0.516. The molecular formula is C15H19ClN4O. The van der Waals surface area contributed by atoms with Gasteiger partial charge >= 0.3 is 0 Å². The smallest absolute Gasteiger partial charge is 0.266 e. The Kier molecular flexibility index (Phi) is 4.60. The summed E-state index contributed by atoms with van der Waals surface area (Å²) in [5.74, 6) is 1.31. The van der Waals surface area contributed by atoms with Crippen LogP contribution in [-0.4, -0.2) is 23.2 Å². The van der Waals surface area contributed by atoms with Gasteiger partial charge in [-0.1, -0.05) is 24.4 Å². The van der Waals surface area contributed by atoms with Crippen LogP contribution in [0.4, 0.5) is 11.6 Å². The molecule has 1 N–H and O–H groups in total. The molecule has 0 aliphatic carbocycles. The fourth-order valence-corrected chi connectivity index (χ4v) is 2.59. The lowest BCUT2D eigenvalue weighted by molar-refractivity contribution is 0.382. The van der Waals surface area contributed by atoms with Crippen LogP contribution in [0, 0.1) is 0 Å². The molecule has 2 heterocycles. The molecule has 0 atom stereocenters. The van der Waals surface area contributed by atoms with Crippen LogP contribution < -0.4 is 10.2 Å². The fraction of sp³-hybridized carbons (Fsp3) is 0.467. The lowest BCUT2D eigenvalue weighted by Gasteiger charge is -2.16. The first kappa shape index (κ1) is 14.2. The van der Waals surface area contributed by atoms with E-state index in [4.69, 9.17) is 16.1 Å². The topological polar surface area (TPSA) is 54.2 Å². The van der Waals surface area contributed by atoms with Crippen LogP contribution in [0.25, 0.3) is 0 Å². The van der Waals surface area contributed by atoms with Crippen LogP contribution in [-0.2, 0) is 6.54 Å². The molecule has 0 amide bonds. The lowest BCUT2D eigenvalue weighted by Crippen LogP contribution is -2.25. The summed E-state index contributed by atoms with van der Waals surface area (Å²) < 4.78 is 5.31. The van der Waals surface area contributed by atoms with Crippen molar-refractivity contribution in [2.75, 3.05) is 23.3 Å². The van der Waals surface area contributed by atoms with E-state index in [9.17, 15) is 0 Å². The summed E-state index contributed by atoms with van der Waals surface area (Å²) in [6.07, 6.45) is 4.98. The number of benzene rings is 1. The number of nitrogens with zero attached hydrogens (tertiary/aromatic N) is 3. The molecule has 1 aromatic carbocycles. The van der Waals surface area contributed by atoms with Crippen molar-refractivity contribution in [3.05, 3.63) is 35.2 Å². The van der Waals surface area contributed by atoms with Gasteiger partial charge < -0.3 is 14.7 Å². The average Bonchev–Trinajstić information content (AvgIpc) is 2.80. The van der Waals surface area contributed by atoms with Crippen LogP contribution in [0.5, 0.6) is 0 Å². The number of aromatic nitrogens is 2. The van der Waals surface area contributed by atoms with Crippen LogP contribution in [0.2, 0.25) is 5.02 Å². The van der Waals surface area contributed by atoms with E-state index >= 15 is 0 Å². The zero-order valence-corrected chi connectivity index (χ0v) is 12.6. The molecule has 112 valence electrons. The summed E-state index contributed by atoms with van der Waals surface area (Å²) in [7, 11) is 0. The maximum atomic E-state index is 5.86. The predicted octanol–water partition coefficient (Wildman–Crippen LogP) is 3.72. The van der Waals surface area contributed by atoms with E-state index in [1.807, 2.05) is 24.3 Å². The second kappa shape index (κ2) is 6.80. The Balaban J connectivity index is 1.58. The summed E-state index contributed by atoms with van der Waals surface area (Å²) in [5, 5.41) is 8.05. The number of halogens is 1. The summed E-state index contributed by atoms with van der Waals surface area (Å²) >= 11 is 5.86. The van der Waals surface area contributed by atoms with Crippen molar-refractivity contribution < 1.29 is 4.52 Å². The molecule has 6 heteroatoms. The molecule has 1 aromatic heterocycles. The summed E-state index contributed by atoms with van der Waals surface area (Å²) in [6, 6.07) is 7.55. The summed E-state index contributed by atoms with van der Waals surface area (Å²) in [4.78, 5) is 6.68. The van der Waals surface area contributed by atoms with E-state index in [0.717, 1.165) is 23.8 Å². The standard InChI is InChI=1S/C15H19ClN4O/c16-12-5-7-13(8-6-12)17-11-14-18-15(19-21-14)20-9-3-1-2-4-10-20/h5-8,17H,1-4,9-11H2. The van der Waals surface area contributed by atoms with Crippen molar-refractivity contribution in [2.24, 2.45) is 0 Å². The van der Waals surface area contributed by atoms with Crippen molar-refractivity contribution in [1.29, 1.82) is 0 Å². The highest BCUT2D eigenvalue weighted by Gasteiger charge is 2.15. The number of anilines is 2. The Morgan fingerprint density at radius 2 is 1.81 bits per heavy atom. The maximum Gasteiger partial charge on any atom is 0.266 e. The average molecular weight is 307 g/mol. The zero-order chi connectivity index (χ0) is 14.5. The van der Waals surface area contributed by atoms with Gasteiger partial charge in [-0.25, -0.2) is 0 Å². The molecule has 0 saturated carbocycles. The van der Waals surface area contributed by atoms with E-state index in [1.54, 1.807) is 0 Å². The van der Waals surface area contributed by atoms with Gasteiger partial charge in [-0.05, 0) is 42.3 Å². The first-order valence-electron chi connectivity index (χ1n) is 7.38. The monoisotopic (exact) mass is 306 g/mol. The molecule has 0 unspecified atom stereocenters. The normalized spacial score (nSPS) is 15.8. The van der Waals surface area contributed by atoms with Gasteiger partial charge in [0.2, 0.25) is 5.89 Å². The minimum Gasteiger partial charge on any atom is -0.376 e. The molecule has 1 aliphatic heterocycles. The molecule has 0 spiro atoms. The van der Waals surface area contributed by atoms with Crippen molar-refractivity contribution in [3.63, 3.8) is 0 Å². The molecule has 1 saturated heterocycles. The van der Waals surface area contributed by atoms with E-state index in [-0.39, 0.29) is 0 Å². The summed E-state index contributed by atoms with van der Waals surface area (Å²) in [6.45, 7) is 2.55. The van der Waals surface area contributed by atoms with Gasteiger partial charge in [0.05, 0.1) is 6.54 Å². The third-order valence-electron chi connectivity index (χ3n) is 3.63. The molecule has 21 heavy (non-hydrogen) atoms. The Morgan fingerprint density at radius 1 is 1.10 bits per heavy atom. The molecule has 0 radical (unpaired) electrons. The second-order valence-electron chi connectivity index (χ2n) is 5.25. The second-order valence-corrected chi connectivity index (χ2v) is 5.69. The third kappa shape index (κ3) is 3.88. The highest BCUT2D eigenvalue weighted by molar-refractivity contribution is 6.30. The number of hydrogen-bond acceptors (Lipinski definition) is 5. The highest BCUT2D eigenvalue weighted by atomic mass is 35.5. The SMILES string of the molecule is Clc1ccc(NCc2nc(N3CCCCCC3)no2)cc1. The van der Waals surface area contributed by atoms with E-state index < -0.39 is 0 Å². The molecular weight excluding hydrogens is 288 g/mol. The molecule has 2 aromatic rings. The lowest BCUT2D eigenvalue weighted by atomic mass is 10.2. The molecule has 5 nitrogen and oxygen atoms in total. The van der Waals surface area contributed by atoms with Gasteiger partial charge in [0.1, 0.15) is 0 Å². The van der Waals surface area contributed by atoms with Crippen molar-refractivity contribution in [2.45, 2.75) is 32.2 Å². The van der Waals surface area contributed by atoms with Gasteiger partial charge in [-0.15, -0.1) is 0 Å². The van der Waals surface area contributed by atoms with E-state index in [1.165, 1.54) is 25.7 Å². The predicted molar refractivity (Wildman–Crippen MR) is 83.8 cm³/mol. The third-order valence-corrected chi connectivity index (χ3v) is 3.89. The largest absolute Gasteiger partial charge is 0.376 e. The Labute approximate surface area is 129 Å². The number of hydrogen-bond donors (Lipinski definition) is 1. The first-order chi connectivity index (χ1) is 10.3. The van der Waals surface area contributed by atoms with E-state index in [0.29, 0.717) is 18.4 Å². The van der Waals surface area contributed by atoms with Gasteiger partial charge in [-0.3, -0.25) is 0 Å². The Hall–Kier alpha value is -1.75. The van der Waals surface area contributed by atoms with Crippen molar-refractivity contribution in [1.82, 2.24) is 10.1 Å². The van der Waals surface area contributed by atoms with E-state index in [2.05, 4.69) is 20.4 Å². The van der Waals surface area contributed by atoms with Crippen LogP contribution in [0.15, 0.2) is 28.8 Å². The molecule has 0 bridgehead atoms. The Bertz CT molecular complexity index is 561. The number of nitrogens with one attached hydrogen (secondary N) is 1. The van der Waals surface area contributed by atoms with Crippen molar-refractivity contribution in [3.8, 4) is 0 Å². The quantitative estimate of drug-likeness (QED) is 0.933. The van der Waals surface area contributed by atoms with Gasteiger partial charge in [0, 0.05) is 23.8 Å². The molecule has 3 rings (SSSR count). The van der Waals surface area contributed by atoms with Crippen molar-refractivity contribution >= 4 is 23.2 Å². The summed E-state index contributed by atoms with van der Waals surface area (Å²) in [5.41, 5.74) is 0.980. The van der Waals surface area contributed by atoms with Gasteiger partial charge in [-0.2, -0.15) is 4.98 Å².